The van der Waals surface area contributed by atoms with Crippen molar-refractivity contribution in [3.8, 4) is 11.4 Å². The first-order valence-corrected chi connectivity index (χ1v) is 8.98. The summed E-state index contributed by atoms with van der Waals surface area (Å²) in [6.07, 6.45) is -2.80. The third-order valence-corrected chi connectivity index (χ3v) is 4.97. The first-order valence-electron chi connectivity index (χ1n) is 8.98. The van der Waals surface area contributed by atoms with Gasteiger partial charge < -0.3 is 15.7 Å². The lowest BCUT2D eigenvalue weighted by molar-refractivity contribution is -0.260. The molecule has 7 nitrogen and oxygen atoms in total. The minimum absolute atomic E-state index is 0.0650. The Morgan fingerprint density at radius 1 is 1.20 bits per heavy atom. The summed E-state index contributed by atoms with van der Waals surface area (Å²) in [6, 6.07) is 1.59. The normalized spacial score (nSPS) is 21.7. The summed E-state index contributed by atoms with van der Waals surface area (Å²) in [5.41, 5.74) is -3.44. The summed E-state index contributed by atoms with van der Waals surface area (Å²) in [4.78, 5) is 11.9. The van der Waals surface area contributed by atoms with E-state index in [-0.39, 0.29) is 29.4 Å². The van der Waals surface area contributed by atoms with Gasteiger partial charge in [-0.3, -0.25) is 9.38 Å². The Labute approximate surface area is 167 Å². The van der Waals surface area contributed by atoms with Gasteiger partial charge in [0.05, 0.1) is 35.5 Å². The number of aromatic nitrogens is 4. The van der Waals surface area contributed by atoms with E-state index in [1.54, 1.807) is 0 Å². The second-order valence-corrected chi connectivity index (χ2v) is 7.20. The molecule has 3 unspecified atom stereocenters. The minimum Gasteiger partial charge on any atom is -0.375 e. The Bertz CT molecular complexity index is 1080. The molecular weight excluding hydrogens is 411 g/mol. The van der Waals surface area contributed by atoms with Crippen molar-refractivity contribution >= 4 is 11.5 Å². The zero-order chi connectivity index (χ0) is 21.7. The number of fused-ring (bicyclic) bond motifs is 1. The van der Waals surface area contributed by atoms with Crippen LogP contribution in [0.4, 0.5) is 27.8 Å². The molecule has 0 saturated carbocycles. The number of rotatable bonds is 4. The molecule has 3 aromatic rings. The lowest BCUT2D eigenvalue weighted by Gasteiger charge is -2.25. The highest BCUT2D eigenvalue weighted by atomic mass is 19.4. The molecule has 4 rings (SSSR count). The molecule has 160 valence electrons. The number of imidazole rings is 1. The first-order chi connectivity index (χ1) is 14.1. The molecule has 1 saturated heterocycles. The summed E-state index contributed by atoms with van der Waals surface area (Å²) >= 11 is 0. The van der Waals surface area contributed by atoms with E-state index in [9.17, 15) is 27.1 Å². The highest BCUT2D eigenvalue weighted by molar-refractivity contribution is 5.62. The van der Waals surface area contributed by atoms with Crippen LogP contribution in [-0.2, 0) is 5.60 Å². The molecule has 0 aromatic carbocycles. The highest BCUT2D eigenvalue weighted by Gasteiger charge is 2.52. The molecule has 0 aliphatic carbocycles. The number of hydrogen-bond donors (Lipinski definition) is 3. The van der Waals surface area contributed by atoms with E-state index in [2.05, 4.69) is 25.6 Å². The van der Waals surface area contributed by atoms with Crippen molar-refractivity contribution in [2.45, 2.75) is 30.9 Å². The van der Waals surface area contributed by atoms with Crippen molar-refractivity contribution in [1.82, 2.24) is 24.7 Å². The zero-order valence-corrected chi connectivity index (χ0v) is 15.6. The molecule has 3 aromatic heterocycles. The number of anilines is 1. The average Bonchev–Trinajstić information content (AvgIpc) is 3.26. The van der Waals surface area contributed by atoms with Crippen LogP contribution >= 0.6 is 0 Å². The van der Waals surface area contributed by atoms with Gasteiger partial charge in [0, 0.05) is 31.4 Å². The van der Waals surface area contributed by atoms with Gasteiger partial charge in [-0.15, -0.1) is 0 Å². The van der Waals surface area contributed by atoms with Crippen molar-refractivity contribution in [1.29, 1.82) is 0 Å². The van der Waals surface area contributed by atoms with Gasteiger partial charge in [-0.2, -0.15) is 13.2 Å². The minimum atomic E-state index is -4.96. The molecule has 0 spiro atoms. The number of alkyl halides is 4. The van der Waals surface area contributed by atoms with Gasteiger partial charge in [-0.25, -0.2) is 18.7 Å². The quantitative estimate of drug-likeness (QED) is 0.554. The fourth-order valence-corrected chi connectivity index (χ4v) is 3.16. The molecular formula is C18H17F5N6O. The van der Waals surface area contributed by atoms with Crippen LogP contribution in [0.25, 0.3) is 17.0 Å². The second kappa shape index (κ2) is 7.13. The van der Waals surface area contributed by atoms with Gasteiger partial charge in [0.15, 0.2) is 5.65 Å². The number of nitrogens with one attached hydrogen (secondary N) is 2. The van der Waals surface area contributed by atoms with Crippen molar-refractivity contribution in [2.75, 3.05) is 18.4 Å². The molecule has 0 radical (unpaired) electrons. The second-order valence-electron chi connectivity index (χ2n) is 7.20. The Morgan fingerprint density at radius 3 is 2.63 bits per heavy atom. The molecule has 3 N–H and O–H groups in total. The summed E-state index contributed by atoms with van der Waals surface area (Å²) in [5, 5.41) is 15.6. The van der Waals surface area contributed by atoms with E-state index in [0.29, 0.717) is 13.5 Å². The molecule has 3 atom stereocenters. The summed E-state index contributed by atoms with van der Waals surface area (Å²) < 4.78 is 68.8. The predicted molar refractivity (Wildman–Crippen MR) is 97.0 cm³/mol. The highest BCUT2D eigenvalue weighted by Crippen LogP contribution is 2.37. The van der Waals surface area contributed by atoms with Crippen LogP contribution in [0.2, 0.25) is 0 Å². The van der Waals surface area contributed by atoms with Gasteiger partial charge in [-0.05, 0) is 6.92 Å². The van der Waals surface area contributed by atoms with E-state index >= 15 is 0 Å². The summed E-state index contributed by atoms with van der Waals surface area (Å²) in [5.74, 6) is -0.594. The molecule has 30 heavy (non-hydrogen) atoms. The SMILES string of the molecule is CC(O)(c1cn2c(-c3cc(F)cc(NC4CNCC4F)n3)cnc2cn1)C(F)(F)F. The lowest BCUT2D eigenvalue weighted by atomic mass is 10.0. The van der Waals surface area contributed by atoms with Crippen molar-refractivity contribution in [3.63, 3.8) is 0 Å². The molecule has 0 bridgehead atoms. The number of pyridine rings is 1. The molecule has 12 heteroatoms. The maximum absolute atomic E-state index is 14.2. The van der Waals surface area contributed by atoms with E-state index in [4.69, 9.17) is 0 Å². The van der Waals surface area contributed by atoms with Crippen LogP contribution in [0.5, 0.6) is 0 Å². The van der Waals surface area contributed by atoms with E-state index < -0.39 is 35.5 Å². The van der Waals surface area contributed by atoms with Gasteiger partial charge in [-0.1, -0.05) is 0 Å². The topological polar surface area (TPSA) is 87.4 Å². The lowest BCUT2D eigenvalue weighted by Crippen LogP contribution is -2.40. The third kappa shape index (κ3) is 3.56. The molecule has 4 heterocycles. The molecule has 1 aliphatic rings. The monoisotopic (exact) mass is 428 g/mol. The maximum Gasteiger partial charge on any atom is 0.422 e. The van der Waals surface area contributed by atoms with E-state index in [1.165, 1.54) is 10.6 Å². The number of nitrogens with zero attached hydrogens (tertiary/aromatic N) is 4. The first kappa shape index (κ1) is 20.4. The predicted octanol–water partition coefficient (Wildman–Crippen LogP) is 2.42. The van der Waals surface area contributed by atoms with E-state index in [0.717, 1.165) is 24.5 Å². The largest absolute Gasteiger partial charge is 0.422 e. The Kier molecular flexibility index (Phi) is 4.85. The smallest absolute Gasteiger partial charge is 0.375 e. The maximum atomic E-state index is 14.2. The van der Waals surface area contributed by atoms with Gasteiger partial charge in [0.25, 0.3) is 0 Å². The number of hydrogen-bond acceptors (Lipinski definition) is 6. The summed E-state index contributed by atoms with van der Waals surface area (Å²) in [6.45, 7) is 1.09. The van der Waals surface area contributed by atoms with Crippen molar-refractivity contribution < 1.29 is 27.1 Å². The van der Waals surface area contributed by atoms with Crippen LogP contribution in [0.1, 0.15) is 12.6 Å². The van der Waals surface area contributed by atoms with Crippen molar-refractivity contribution in [3.05, 3.63) is 42.2 Å². The zero-order valence-electron chi connectivity index (χ0n) is 15.6. The van der Waals surface area contributed by atoms with Crippen LogP contribution < -0.4 is 10.6 Å². The van der Waals surface area contributed by atoms with Crippen LogP contribution in [0.3, 0.4) is 0 Å². The third-order valence-electron chi connectivity index (χ3n) is 4.97. The van der Waals surface area contributed by atoms with Gasteiger partial charge in [0.1, 0.15) is 17.8 Å². The Hall–Kier alpha value is -2.86. The molecule has 1 aliphatic heterocycles. The number of aliphatic hydroxyl groups is 1. The van der Waals surface area contributed by atoms with Gasteiger partial charge in [0.2, 0.25) is 5.60 Å². The fourth-order valence-electron chi connectivity index (χ4n) is 3.16. The molecule has 1 fully saturated rings. The van der Waals surface area contributed by atoms with E-state index in [1.807, 2.05) is 0 Å². The average molecular weight is 428 g/mol. The Morgan fingerprint density at radius 2 is 1.97 bits per heavy atom. The van der Waals surface area contributed by atoms with Gasteiger partial charge >= 0.3 is 6.18 Å². The van der Waals surface area contributed by atoms with Crippen LogP contribution in [-0.4, -0.2) is 55.9 Å². The van der Waals surface area contributed by atoms with Crippen LogP contribution in [0, 0.1) is 5.82 Å². The Balaban J connectivity index is 1.75. The molecule has 0 amide bonds. The fraction of sp³-hybridized carbons (Fsp3) is 0.389. The van der Waals surface area contributed by atoms with Crippen molar-refractivity contribution in [2.24, 2.45) is 0 Å². The van der Waals surface area contributed by atoms with Crippen LogP contribution in [0.15, 0.2) is 30.7 Å². The summed E-state index contributed by atoms with van der Waals surface area (Å²) in [7, 11) is 0. The standard InChI is InChI=1S/C18H17F5N6O/c1-17(30,18(21,22)23)14-8-29-13(6-26-16(29)7-25-14)11-2-9(19)3-15(27-11)28-12-5-24-4-10(12)20/h2-3,6-8,10,12,24,30H,4-5H2,1H3,(H,27,28). The number of halogens is 5.